The van der Waals surface area contributed by atoms with Gasteiger partial charge in [-0.25, -0.2) is 4.98 Å². The number of nitrogens with zero attached hydrogens (tertiary/aromatic N) is 2. The van der Waals surface area contributed by atoms with E-state index in [4.69, 9.17) is 4.42 Å². The predicted molar refractivity (Wildman–Crippen MR) is 106 cm³/mol. The number of thioether (sulfide) groups is 1. The van der Waals surface area contributed by atoms with Gasteiger partial charge in [-0.05, 0) is 36.2 Å². The second kappa shape index (κ2) is 8.60. The number of hydrogen-bond acceptors (Lipinski definition) is 4. The summed E-state index contributed by atoms with van der Waals surface area (Å²) in [6, 6.07) is 11.5. The molecule has 136 valence electrons. The molecule has 2 aromatic heterocycles. The molecule has 2 heterocycles. The second-order valence-corrected chi connectivity index (χ2v) is 7.72. The quantitative estimate of drug-likeness (QED) is 0.535. The lowest BCUT2D eigenvalue weighted by atomic mass is 10.0. The molecule has 1 N–H and O–H groups in total. The van der Waals surface area contributed by atoms with Crippen molar-refractivity contribution in [2.75, 3.05) is 0 Å². The van der Waals surface area contributed by atoms with Gasteiger partial charge in [-0.1, -0.05) is 46.7 Å². The van der Waals surface area contributed by atoms with Crippen molar-refractivity contribution in [3.63, 3.8) is 0 Å². The van der Waals surface area contributed by atoms with E-state index >= 15 is 0 Å². The summed E-state index contributed by atoms with van der Waals surface area (Å²) in [5.74, 6) is 1.51. The third-order valence-corrected chi connectivity index (χ3v) is 5.60. The summed E-state index contributed by atoms with van der Waals surface area (Å²) in [6.45, 7) is 2.05. The lowest BCUT2D eigenvalue weighted by Crippen LogP contribution is -2.27. The highest BCUT2D eigenvalue weighted by Crippen LogP contribution is 2.23. The minimum Gasteiger partial charge on any atom is -0.455 e. The number of aromatic nitrogens is 2. The Labute approximate surface area is 165 Å². The third kappa shape index (κ3) is 4.59. The number of carbonyl (C=O) groups is 1. The molecular formula is C19H20BrN3O2S. The van der Waals surface area contributed by atoms with Gasteiger partial charge in [-0.2, -0.15) is 0 Å². The topological polar surface area (TPSA) is 60.1 Å². The number of benzene rings is 1. The highest BCUT2D eigenvalue weighted by Gasteiger charge is 2.17. The molecule has 3 aromatic rings. The van der Waals surface area contributed by atoms with Crippen LogP contribution in [0.3, 0.4) is 0 Å². The molecule has 0 bridgehead atoms. The van der Waals surface area contributed by atoms with Gasteiger partial charge >= 0.3 is 0 Å². The van der Waals surface area contributed by atoms with Crippen molar-refractivity contribution in [3.8, 4) is 0 Å². The van der Waals surface area contributed by atoms with Gasteiger partial charge in [0.05, 0.1) is 11.8 Å². The van der Waals surface area contributed by atoms with Crippen molar-refractivity contribution in [1.29, 1.82) is 0 Å². The van der Waals surface area contributed by atoms with Crippen LogP contribution in [-0.2, 0) is 12.8 Å². The molecule has 0 spiro atoms. The number of imidazole rings is 1. The summed E-state index contributed by atoms with van der Waals surface area (Å²) in [6.07, 6.45) is 4.46. The molecule has 0 saturated carbocycles. The molecular weight excluding hydrogens is 414 g/mol. The first-order valence-electron chi connectivity index (χ1n) is 8.32. The zero-order valence-corrected chi connectivity index (χ0v) is 17.0. The number of furan rings is 1. The molecule has 3 rings (SSSR count). The van der Waals surface area contributed by atoms with Crippen LogP contribution in [0.5, 0.6) is 0 Å². The molecule has 0 saturated heterocycles. The van der Waals surface area contributed by atoms with Crippen molar-refractivity contribution in [2.24, 2.45) is 7.05 Å². The van der Waals surface area contributed by atoms with Crippen molar-refractivity contribution in [3.05, 3.63) is 70.3 Å². The maximum atomic E-state index is 12.5. The second-order valence-electron chi connectivity index (χ2n) is 5.86. The number of hydrogen-bond donors (Lipinski definition) is 1. The van der Waals surface area contributed by atoms with Crippen LogP contribution in [0.2, 0.25) is 0 Å². The molecule has 0 radical (unpaired) electrons. The average Bonchev–Trinajstić information content (AvgIpc) is 3.27. The van der Waals surface area contributed by atoms with Crippen molar-refractivity contribution in [2.45, 2.75) is 30.3 Å². The van der Waals surface area contributed by atoms with Crippen LogP contribution in [0.15, 0.2) is 62.8 Å². The Balaban J connectivity index is 1.61. The van der Waals surface area contributed by atoms with Gasteiger partial charge in [0, 0.05) is 23.9 Å². The zero-order chi connectivity index (χ0) is 18.5. The lowest BCUT2D eigenvalue weighted by molar-refractivity contribution is 0.0906. The van der Waals surface area contributed by atoms with Crippen LogP contribution < -0.4 is 5.32 Å². The first-order chi connectivity index (χ1) is 12.6. The van der Waals surface area contributed by atoms with Gasteiger partial charge in [0.15, 0.2) is 10.9 Å². The number of aryl methyl sites for hydroxylation is 1. The number of carbonyl (C=O) groups excluding carboxylic acids is 1. The van der Waals surface area contributed by atoms with E-state index in [0.29, 0.717) is 11.5 Å². The van der Waals surface area contributed by atoms with Crippen molar-refractivity contribution >= 4 is 33.6 Å². The third-order valence-electron chi connectivity index (χ3n) is 3.99. The van der Waals surface area contributed by atoms with Gasteiger partial charge in [0.1, 0.15) is 5.76 Å². The molecule has 26 heavy (non-hydrogen) atoms. The number of nitrogens with one attached hydrogen (secondary N) is 1. The van der Waals surface area contributed by atoms with E-state index in [1.165, 1.54) is 0 Å². The highest BCUT2D eigenvalue weighted by atomic mass is 79.9. The van der Waals surface area contributed by atoms with Crippen LogP contribution in [0.1, 0.15) is 41.3 Å². The van der Waals surface area contributed by atoms with E-state index in [-0.39, 0.29) is 11.9 Å². The Morgan fingerprint density at radius 3 is 2.73 bits per heavy atom. The van der Waals surface area contributed by atoms with Crippen LogP contribution in [0.25, 0.3) is 0 Å². The minimum atomic E-state index is -0.201. The van der Waals surface area contributed by atoms with Gasteiger partial charge in [0.2, 0.25) is 0 Å². The molecule has 0 aliphatic rings. The SMILES string of the molecule is CCC(NC(=O)c1ccc(CSc2nccn2C)o1)c1ccc(Br)cc1. The lowest BCUT2D eigenvalue weighted by Gasteiger charge is -2.16. The summed E-state index contributed by atoms with van der Waals surface area (Å²) >= 11 is 5.00. The monoisotopic (exact) mass is 433 g/mol. The number of amides is 1. The van der Waals surface area contributed by atoms with Crippen LogP contribution in [-0.4, -0.2) is 15.5 Å². The molecule has 1 unspecified atom stereocenters. The van der Waals surface area contributed by atoms with E-state index in [0.717, 1.165) is 27.4 Å². The molecule has 0 aliphatic heterocycles. The van der Waals surface area contributed by atoms with E-state index < -0.39 is 0 Å². The molecule has 1 atom stereocenters. The maximum Gasteiger partial charge on any atom is 0.287 e. The standard InChI is InChI=1S/C19H20BrN3O2S/c1-3-16(13-4-6-14(20)7-5-13)22-18(24)17-9-8-15(25-17)12-26-19-21-10-11-23(19)2/h4-11,16H,3,12H2,1-2H3,(H,22,24). The fourth-order valence-electron chi connectivity index (χ4n) is 2.55. The number of rotatable bonds is 7. The molecule has 1 amide bonds. The normalized spacial score (nSPS) is 12.1. The first-order valence-corrected chi connectivity index (χ1v) is 10.1. The Morgan fingerprint density at radius 1 is 1.31 bits per heavy atom. The highest BCUT2D eigenvalue weighted by molar-refractivity contribution is 9.10. The van der Waals surface area contributed by atoms with E-state index in [1.54, 1.807) is 24.0 Å². The summed E-state index contributed by atoms with van der Waals surface area (Å²) in [7, 11) is 1.95. The van der Waals surface area contributed by atoms with Gasteiger partial charge in [-0.15, -0.1) is 0 Å². The Bertz CT molecular complexity index is 873. The maximum absolute atomic E-state index is 12.5. The molecule has 7 heteroatoms. The molecule has 0 aliphatic carbocycles. The summed E-state index contributed by atoms with van der Waals surface area (Å²) < 4.78 is 8.67. The molecule has 1 aromatic carbocycles. The zero-order valence-electron chi connectivity index (χ0n) is 14.6. The van der Waals surface area contributed by atoms with E-state index in [2.05, 4.69) is 26.2 Å². The fraction of sp³-hybridized carbons (Fsp3) is 0.263. The molecule has 0 fully saturated rings. The summed E-state index contributed by atoms with van der Waals surface area (Å²) in [5.41, 5.74) is 1.07. The summed E-state index contributed by atoms with van der Waals surface area (Å²) in [5, 5.41) is 3.95. The molecule has 5 nitrogen and oxygen atoms in total. The average molecular weight is 434 g/mol. The van der Waals surface area contributed by atoms with Crippen molar-refractivity contribution in [1.82, 2.24) is 14.9 Å². The minimum absolute atomic E-state index is 0.0499. The Kier molecular flexibility index (Phi) is 6.21. The van der Waals surface area contributed by atoms with E-state index in [1.807, 2.05) is 55.1 Å². The van der Waals surface area contributed by atoms with Crippen LogP contribution in [0.4, 0.5) is 0 Å². The summed E-state index contributed by atoms with van der Waals surface area (Å²) in [4.78, 5) is 16.8. The van der Waals surface area contributed by atoms with Crippen LogP contribution >= 0.6 is 27.7 Å². The van der Waals surface area contributed by atoms with Gasteiger partial charge in [-0.3, -0.25) is 4.79 Å². The van der Waals surface area contributed by atoms with Gasteiger partial charge < -0.3 is 14.3 Å². The van der Waals surface area contributed by atoms with Crippen molar-refractivity contribution < 1.29 is 9.21 Å². The Hall–Kier alpha value is -1.99. The first kappa shape index (κ1) is 18.8. The largest absolute Gasteiger partial charge is 0.455 e. The smallest absolute Gasteiger partial charge is 0.287 e. The van der Waals surface area contributed by atoms with E-state index in [9.17, 15) is 4.79 Å². The van der Waals surface area contributed by atoms with Crippen LogP contribution in [0, 0.1) is 0 Å². The fourth-order valence-corrected chi connectivity index (χ4v) is 3.64. The Morgan fingerprint density at radius 2 is 2.08 bits per heavy atom. The van der Waals surface area contributed by atoms with Gasteiger partial charge in [0.25, 0.3) is 5.91 Å². The number of halogens is 1. The predicted octanol–water partition coefficient (Wildman–Crippen LogP) is 4.95.